The molecule has 0 bridgehead atoms. The first-order chi connectivity index (χ1) is 13.1. The van der Waals surface area contributed by atoms with Crippen LogP contribution in [0.2, 0.25) is 0 Å². The van der Waals surface area contributed by atoms with Gasteiger partial charge in [0.1, 0.15) is 17.4 Å². The van der Waals surface area contributed by atoms with Gasteiger partial charge in [-0.05, 0) is 38.1 Å². The minimum Gasteiger partial charge on any atom is -0.494 e. The number of hydrogen-bond acceptors (Lipinski definition) is 6. The Morgan fingerprint density at radius 3 is 2.93 bits per heavy atom. The normalized spacial score (nSPS) is 16.7. The summed E-state index contributed by atoms with van der Waals surface area (Å²) < 4.78 is 5.65. The third-order valence-electron chi connectivity index (χ3n) is 4.80. The van der Waals surface area contributed by atoms with Gasteiger partial charge in [-0.25, -0.2) is 9.97 Å². The van der Waals surface area contributed by atoms with Crippen LogP contribution in [0.1, 0.15) is 25.1 Å². The Morgan fingerprint density at radius 2 is 2.15 bits per heavy atom. The summed E-state index contributed by atoms with van der Waals surface area (Å²) in [4.78, 5) is 25.1. The maximum Gasteiger partial charge on any atom is 0.222 e. The zero-order valence-electron chi connectivity index (χ0n) is 15.8. The number of rotatable bonds is 8. The number of carbonyl (C=O) groups excluding carboxylic acids is 1. The number of para-hydroxylation sites is 1. The summed E-state index contributed by atoms with van der Waals surface area (Å²) in [6, 6.07) is 11.7. The molecule has 1 fully saturated rings. The summed E-state index contributed by atoms with van der Waals surface area (Å²) in [7, 11) is 2.04. The number of ether oxygens (including phenoxy) is 1. The molecule has 7 nitrogen and oxygen atoms in total. The number of nitrogens with zero attached hydrogens (tertiary/aromatic N) is 4. The van der Waals surface area contributed by atoms with Crippen LogP contribution in [0.3, 0.4) is 0 Å². The van der Waals surface area contributed by atoms with Crippen molar-refractivity contribution >= 4 is 11.7 Å². The SMILES string of the molecule is CN(Cc1nccc(N)n1)C1CCN(C(=O)CCCOc2ccccc2)C1. The quantitative estimate of drug-likeness (QED) is 0.716. The monoisotopic (exact) mass is 369 g/mol. The highest BCUT2D eigenvalue weighted by molar-refractivity contribution is 5.76. The molecular formula is C20H27N5O2. The van der Waals surface area contributed by atoms with E-state index in [9.17, 15) is 4.79 Å². The summed E-state index contributed by atoms with van der Waals surface area (Å²) >= 11 is 0. The fourth-order valence-corrected chi connectivity index (χ4v) is 3.26. The van der Waals surface area contributed by atoms with Gasteiger partial charge in [0.2, 0.25) is 5.91 Å². The van der Waals surface area contributed by atoms with Gasteiger partial charge in [-0.15, -0.1) is 0 Å². The van der Waals surface area contributed by atoms with E-state index in [0.717, 1.165) is 31.7 Å². The average Bonchev–Trinajstić information content (AvgIpc) is 3.16. The molecule has 1 saturated heterocycles. The van der Waals surface area contributed by atoms with E-state index in [-0.39, 0.29) is 5.91 Å². The summed E-state index contributed by atoms with van der Waals surface area (Å²) in [5, 5.41) is 0. The van der Waals surface area contributed by atoms with E-state index in [1.165, 1.54) is 0 Å². The lowest BCUT2D eigenvalue weighted by Gasteiger charge is -2.24. The third-order valence-corrected chi connectivity index (χ3v) is 4.80. The first kappa shape index (κ1) is 19.1. The molecule has 2 N–H and O–H groups in total. The molecule has 1 aliphatic rings. The highest BCUT2D eigenvalue weighted by Gasteiger charge is 2.28. The van der Waals surface area contributed by atoms with E-state index < -0.39 is 0 Å². The predicted octanol–water partition coefficient (Wildman–Crippen LogP) is 1.95. The smallest absolute Gasteiger partial charge is 0.222 e. The van der Waals surface area contributed by atoms with Gasteiger partial charge < -0.3 is 15.4 Å². The minimum absolute atomic E-state index is 0.197. The van der Waals surface area contributed by atoms with Crippen LogP contribution in [0.4, 0.5) is 5.82 Å². The first-order valence-electron chi connectivity index (χ1n) is 9.35. The molecule has 2 aromatic rings. The Kier molecular flexibility index (Phi) is 6.59. The average molecular weight is 369 g/mol. The van der Waals surface area contributed by atoms with Crippen molar-refractivity contribution < 1.29 is 9.53 Å². The van der Waals surface area contributed by atoms with Crippen LogP contribution in [-0.2, 0) is 11.3 Å². The van der Waals surface area contributed by atoms with Gasteiger partial charge in [0.15, 0.2) is 0 Å². The third kappa shape index (κ3) is 5.65. The fraction of sp³-hybridized carbons (Fsp3) is 0.450. The van der Waals surface area contributed by atoms with E-state index in [4.69, 9.17) is 10.5 Å². The molecule has 1 unspecified atom stereocenters. The van der Waals surface area contributed by atoms with Crippen molar-refractivity contribution in [2.24, 2.45) is 0 Å². The van der Waals surface area contributed by atoms with Gasteiger partial charge in [0, 0.05) is 31.7 Å². The zero-order chi connectivity index (χ0) is 19.1. The topological polar surface area (TPSA) is 84.6 Å². The van der Waals surface area contributed by atoms with E-state index in [1.807, 2.05) is 42.3 Å². The molecule has 1 aromatic carbocycles. The van der Waals surface area contributed by atoms with Crippen molar-refractivity contribution in [1.82, 2.24) is 19.8 Å². The van der Waals surface area contributed by atoms with Gasteiger partial charge in [0.25, 0.3) is 0 Å². The van der Waals surface area contributed by atoms with Crippen LogP contribution < -0.4 is 10.5 Å². The zero-order valence-corrected chi connectivity index (χ0v) is 15.8. The number of hydrogen-bond donors (Lipinski definition) is 1. The van der Waals surface area contributed by atoms with Crippen molar-refractivity contribution in [3.8, 4) is 5.75 Å². The number of anilines is 1. The first-order valence-corrected chi connectivity index (χ1v) is 9.35. The Balaban J connectivity index is 1.38. The number of carbonyl (C=O) groups is 1. The van der Waals surface area contributed by atoms with Crippen molar-refractivity contribution in [1.29, 1.82) is 0 Å². The molecule has 7 heteroatoms. The Morgan fingerprint density at radius 1 is 1.33 bits per heavy atom. The van der Waals surface area contributed by atoms with Crippen LogP contribution in [0.5, 0.6) is 5.75 Å². The Labute approximate surface area is 160 Å². The highest BCUT2D eigenvalue weighted by atomic mass is 16.5. The van der Waals surface area contributed by atoms with Crippen LogP contribution in [0, 0.1) is 0 Å². The number of aromatic nitrogens is 2. The second kappa shape index (κ2) is 9.32. The molecule has 0 aliphatic carbocycles. The van der Waals surface area contributed by atoms with Crippen LogP contribution >= 0.6 is 0 Å². The summed E-state index contributed by atoms with van der Waals surface area (Å²) in [5.74, 6) is 2.23. The summed E-state index contributed by atoms with van der Waals surface area (Å²) in [6.07, 6.45) is 3.88. The minimum atomic E-state index is 0.197. The molecule has 1 amide bonds. The number of likely N-dealkylation sites (tertiary alicyclic amines) is 1. The van der Waals surface area contributed by atoms with Crippen molar-refractivity contribution in [2.75, 3.05) is 32.5 Å². The lowest BCUT2D eigenvalue weighted by atomic mass is 10.2. The van der Waals surface area contributed by atoms with E-state index >= 15 is 0 Å². The Hall–Kier alpha value is -2.67. The van der Waals surface area contributed by atoms with Crippen molar-refractivity contribution in [3.05, 3.63) is 48.4 Å². The van der Waals surface area contributed by atoms with Gasteiger partial charge in [-0.3, -0.25) is 9.69 Å². The van der Waals surface area contributed by atoms with Gasteiger partial charge in [-0.1, -0.05) is 18.2 Å². The number of amides is 1. The second-order valence-corrected chi connectivity index (χ2v) is 6.86. The maximum atomic E-state index is 12.4. The maximum absolute atomic E-state index is 12.4. The molecule has 1 atom stereocenters. The van der Waals surface area contributed by atoms with Gasteiger partial charge in [0.05, 0.1) is 13.2 Å². The lowest BCUT2D eigenvalue weighted by Crippen LogP contribution is -2.36. The van der Waals surface area contributed by atoms with Crippen molar-refractivity contribution in [3.63, 3.8) is 0 Å². The van der Waals surface area contributed by atoms with Crippen molar-refractivity contribution in [2.45, 2.75) is 31.8 Å². The number of nitrogen functional groups attached to an aromatic ring is 1. The molecule has 2 heterocycles. The molecule has 1 aromatic heterocycles. The van der Waals surface area contributed by atoms with Crippen LogP contribution in [0.25, 0.3) is 0 Å². The highest BCUT2D eigenvalue weighted by Crippen LogP contribution is 2.17. The number of benzene rings is 1. The summed E-state index contributed by atoms with van der Waals surface area (Å²) in [6.45, 7) is 2.73. The Bertz CT molecular complexity index is 740. The van der Waals surface area contributed by atoms with Crippen LogP contribution in [0.15, 0.2) is 42.6 Å². The predicted molar refractivity (Wildman–Crippen MR) is 104 cm³/mol. The lowest BCUT2D eigenvalue weighted by molar-refractivity contribution is -0.130. The van der Waals surface area contributed by atoms with Gasteiger partial charge in [-0.2, -0.15) is 0 Å². The fourth-order valence-electron chi connectivity index (χ4n) is 3.26. The van der Waals surface area contributed by atoms with Crippen LogP contribution in [-0.4, -0.2) is 58.5 Å². The largest absolute Gasteiger partial charge is 0.494 e. The molecule has 0 saturated carbocycles. The number of likely N-dealkylation sites (N-methyl/N-ethyl adjacent to an activating group) is 1. The van der Waals surface area contributed by atoms with E-state index in [2.05, 4.69) is 14.9 Å². The molecule has 144 valence electrons. The van der Waals surface area contributed by atoms with E-state index in [1.54, 1.807) is 12.3 Å². The van der Waals surface area contributed by atoms with Gasteiger partial charge >= 0.3 is 0 Å². The molecule has 1 aliphatic heterocycles. The van der Waals surface area contributed by atoms with E-state index in [0.29, 0.717) is 37.3 Å². The summed E-state index contributed by atoms with van der Waals surface area (Å²) in [5.41, 5.74) is 5.71. The molecular weight excluding hydrogens is 342 g/mol. The molecule has 0 spiro atoms. The number of nitrogens with two attached hydrogens (primary N) is 1. The molecule has 0 radical (unpaired) electrons. The molecule has 3 rings (SSSR count). The standard InChI is InChI=1S/C20H27N5O2/c1-24(15-19-22-11-9-18(21)23-19)16-10-12-25(14-16)20(26)8-5-13-27-17-6-3-2-4-7-17/h2-4,6-7,9,11,16H,5,8,10,12-15H2,1H3,(H2,21,22,23). The molecule has 27 heavy (non-hydrogen) atoms. The second-order valence-electron chi connectivity index (χ2n) is 6.86.